The van der Waals surface area contributed by atoms with E-state index >= 15 is 0 Å². The Bertz CT molecular complexity index is 774. The Morgan fingerprint density at radius 3 is 2.16 bits per heavy atom. The van der Waals surface area contributed by atoms with Gasteiger partial charge in [-0.25, -0.2) is 8.78 Å². The highest BCUT2D eigenvalue weighted by molar-refractivity contribution is 5.84. The van der Waals surface area contributed by atoms with Gasteiger partial charge in [-0.15, -0.1) is 0 Å². The molecule has 2 N–H and O–H groups in total. The topological polar surface area (TPSA) is 66.4 Å². The largest absolute Gasteiger partial charge is 0.481 e. The van der Waals surface area contributed by atoms with Gasteiger partial charge >= 0.3 is 5.97 Å². The summed E-state index contributed by atoms with van der Waals surface area (Å²) in [6, 6.07) is 10.7. The van der Waals surface area contributed by atoms with Gasteiger partial charge in [0.15, 0.2) is 0 Å². The lowest BCUT2D eigenvalue weighted by Gasteiger charge is -2.17. The van der Waals surface area contributed by atoms with E-state index in [0.717, 1.165) is 5.56 Å². The maximum absolute atomic E-state index is 13.1. The molecule has 0 saturated heterocycles. The molecule has 0 radical (unpaired) electrons. The summed E-state index contributed by atoms with van der Waals surface area (Å²) < 4.78 is 26.0. The number of nitrogens with one attached hydrogen (secondary N) is 1. The molecule has 0 aliphatic heterocycles. The number of carboxylic acids is 1. The second-order valence-electron chi connectivity index (χ2n) is 6.21. The minimum absolute atomic E-state index is 0.0132. The SMILES string of the molecule is O=C(O)CC(NC(=O)C1CC1c1ccc(F)cc1)c1ccc(F)cc1. The van der Waals surface area contributed by atoms with Crippen LogP contribution < -0.4 is 5.32 Å². The monoisotopic (exact) mass is 345 g/mol. The number of amides is 1. The fourth-order valence-corrected chi connectivity index (χ4v) is 2.96. The molecule has 4 nitrogen and oxygen atoms in total. The Balaban J connectivity index is 1.67. The predicted octanol–water partition coefficient (Wildman–Crippen LogP) is 3.40. The van der Waals surface area contributed by atoms with E-state index < -0.39 is 17.8 Å². The Morgan fingerprint density at radius 1 is 1.04 bits per heavy atom. The Kier molecular flexibility index (Phi) is 4.79. The van der Waals surface area contributed by atoms with E-state index in [4.69, 9.17) is 5.11 Å². The third kappa shape index (κ3) is 4.21. The standard InChI is InChI=1S/C19H17F2NO3/c20-13-5-1-11(2-6-13)15-9-16(15)19(25)22-17(10-18(23)24)12-3-7-14(21)8-4-12/h1-8,15-17H,9-10H2,(H,22,25)(H,23,24). The van der Waals surface area contributed by atoms with Gasteiger partial charge in [0.05, 0.1) is 12.5 Å². The molecule has 2 aromatic rings. The van der Waals surface area contributed by atoms with Crippen molar-refractivity contribution in [3.63, 3.8) is 0 Å². The summed E-state index contributed by atoms with van der Waals surface area (Å²) in [5.74, 6) is -2.31. The molecule has 1 aliphatic rings. The smallest absolute Gasteiger partial charge is 0.305 e. The van der Waals surface area contributed by atoms with Crippen LogP contribution in [0.25, 0.3) is 0 Å². The quantitative estimate of drug-likeness (QED) is 0.843. The highest BCUT2D eigenvalue weighted by atomic mass is 19.1. The predicted molar refractivity (Wildman–Crippen MR) is 86.8 cm³/mol. The molecule has 3 rings (SSSR count). The second kappa shape index (κ2) is 7.01. The highest BCUT2D eigenvalue weighted by Crippen LogP contribution is 2.47. The first-order valence-corrected chi connectivity index (χ1v) is 7.97. The van der Waals surface area contributed by atoms with E-state index in [-0.39, 0.29) is 30.0 Å². The number of carbonyl (C=O) groups excluding carboxylic acids is 1. The van der Waals surface area contributed by atoms with Crippen LogP contribution in [0.15, 0.2) is 48.5 Å². The lowest BCUT2D eigenvalue weighted by Crippen LogP contribution is -2.31. The molecule has 0 aromatic heterocycles. The van der Waals surface area contributed by atoms with Crippen molar-refractivity contribution in [2.75, 3.05) is 0 Å². The van der Waals surface area contributed by atoms with Gasteiger partial charge in [0.25, 0.3) is 0 Å². The van der Waals surface area contributed by atoms with E-state index in [1.165, 1.54) is 36.4 Å². The van der Waals surface area contributed by atoms with Crippen LogP contribution >= 0.6 is 0 Å². The van der Waals surface area contributed by atoms with Crippen molar-refractivity contribution >= 4 is 11.9 Å². The summed E-state index contributed by atoms with van der Waals surface area (Å²) in [7, 11) is 0. The number of carbonyl (C=O) groups is 2. The van der Waals surface area contributed by atoms with E-state index in [1.54, 1.807) is 12.1 Å². The van der Waals surface area contributed by atoms with Gasteiger partial charge < -0.3 is 10.4 Å². The molecule has 0 bridgehead atoms. The summed E-state index contributed by atoms with van der Waals surface area (Å²) in [6.07, 6.45) is 0.353. The number of hydrogen-bond acceptors (Lipinski definition) is 2. The van der Waals surface area contributed by atoms with Crippen molar-refractivity contribution in [3.8, 4) is 0 Å². The van der Waals surface area contributed by atoms with Crippen molar-refractivity contribution < 1.29 is 23.5 Å². The molecule has 3 unspecified atom stereocenters. The molecular formula is C19H17F2NO3. The minimum Gasteiger partial charge on any atom is -0.481 e. The van der Waals surface area contributed by atoms with Gasteiger partial charge in [0.2, 0.25) is 5.91 Å². The third-order valence-corrected chi connectivity index (χ3v) is 4.39. The van der Waals surface area contributed by atoms with Crippen LogP contribution in [0, 0.1) is 17.6 Å². The van der Waals surface area contributed by atoms with Gasteiger partial charge in [-0.3, -0.25) is 9.59 Å². The van der Waals surface area contributed by atoms with Gasteiger partial charge in [-0.05, 0) is 47.7 Å². The minimum atomic E-state index is -1.06. The normalized spacial score (nSPS) is 19.9. The summed E-state index contributed by atoms with van der Waals surface area (Å²) in [5, 5.41) is 11.8. The number of rotatable bonds is 6. The molecule has 0 spiro atoms. The van der Waals surface area contributed by atoms with E-state index in [0.29, 0.717) is 12.0 Å². The average Bonchev–Trinajstić information content (AvgIpc) is 3.36. The first-order chi connectivity index (χ1) is 11.9. The zero-order valence-corrected chi connectivity index (χ0v) is 13.3. The lowest BCUT2D eigenvalue weighted by molar-refractivity contribution is -0.137. The molecule has 0 heterocycles. The Morgan fingerprint density at radius 2 is 1.60 bits per heavy atom. The van der Waals surface area contributed by atoms with Crippen LogP contribution in [0.5, 0.6) is 0 Å². The zero-order chi connectivity index (χ0) is 18.0. The molecule has 2 aromatic carbocycles. The lowest BCUT2D eigenvalue weighted by atomic mass is 10.0. The average molecular weight is 345 g/mol. The summed E-state index contributed by atoms with van der Waals surface area (Å²) in [6.45, 7) is 0. The molecule has 6 heteroatoms. The van der Waals surface area contributed by atoms with Crippen LogP contribution in [0.4, 0.5) is 8.78 Å². The van der Waals surface area contributed by atoms with Gasteiger partial charge in [0.1, 0.15) is 11.6 Å². The van der Waals surface area contributed by atoms with Gasteiger partial charge in [0, 0.05) is 5.92 Å². The van der Waals surface area contributed by atoms with Crippen LogP contribution in [-0.4, -0.2) is 17.0 Å². The van der Waals surface area contributed by atoms with Crippen LogP contribution in [0.1, 0.15) is 35.9 Å². The number of hydrogen-bond donors (Lipinski definition) is 2. The first kappa shape index (κ1) is 17.1. The molecule has 3 atom stereocenters. The van der Waals surface area contributed by atoms with Crippen LogP contribution in [0.2, 0.25) is 0 Å². The molecule has 1 fully saturated rings. The van der Waals surface area contributed by atoms with Crippen molar-refractivity contribution in [1.82, 2.24) is 5.32 Å². The van der Waals surface area contributed by atoms with E-state index in [2.05, 4.69) is 5.32 Å². The molecule has 25 heavy (non-hydrogen) atoms. The maximum atomic E-state index is 13.1. The zero-order valence-electron chi connectivity index (χ0n) is 13.3. The maximum Gasteiger partial charge on any atom is 0.305 e. The highest BCUT2D eigenvalue weighted by Gasteiger charge is 2.44. The van der Waals surface area contributed by atoms with Gasteiger partial charge in [-0.2, -0.15) is 0 Å². The summed E-state index contributed by atoms with van der Waals surface area (Å²) in [4.78, 5) is 23.5. The third-order valence-electron chi connectivity index (χ3n) is 4.39. The van der Waals surface area contributed by atoms with Gasteiger partial charge in [-0.1, -0.05) is 24.3 Å². The number of halogens is 2. The van der Waals surface area contributed by atoms with Crippen molar-refractivity contribution in [2.45, 2.75) is 24.8 Å². The van der Waals surface area contributed by atoms with Crippen molar-refractivity contribution in [1.29, 1.82) is 0 Å². The fourth-order valence-electron chi connectivity index (χ4n) is 2.96. The Labute approximate surface area is 143 Å². The summed E-state index contributed by atoms with van der Waals surface area (Å²) >= 11 is 0. The number of aliphatic carboxylic acids is 1. The number of benzene rings is 2. The van der Waals surface area contributed by atoms with Crippen LogP contribution in [-0.2, 0) is 9.59 Å². The van der Waals surface area contributed by atoms with E-state index in [1.807, 2.05) is 0 Å². The van der Waals surface area contributed by atoms with Crippen molar-refractivity contribution in [2.24, 2.45) is 5.92 Å². The molecule has 1 amide bonds. The van der Waals surface area contributed by atoms with Crippen LogP contribution in [0.3, 0.4) is 0 Å². The molecule has 1 aliphatic carbocycles. The van der Waals surface area contributed by atoms with Crippen molar-refractivity contribution in [3.05, 3.63) is 71.3 Å². The molecular weight excluding hydrogens is 328 g/mol. The molecule has 130 valence electrons. The Hall–Kier alpha value is -2.76. The fraction of sp³-hybridized carbons (Fsp3) is 0.263. The summed E-state index contributed by atoms with van der Waals surface area (Å²) in [5.41, 5.74) is 1.43. The molecule has 1 saturated carbocycles. The number of carboxylic acid groups (broad SMARTS) is 1. The van der Waals surface area contributed by atoms with E-state index in [9.17, 15) is 18.4 Å². The first-order valence-electron chi connectivity index (χ1n) is 7.97. The second-order valence-corrected chi connectivity index (χ2v) is 6.21.